The van der Waals surface area contributed by atoms with E-state index in [9.17, 15) is 14.4 Å². The summed E-state index contributed by atoms with van der Waals surface area (Å²) in [4.78, 5) is 36.0. The van der Waals surface area contributed by atoms with Crippen molar-refractivity contribution in [2.24, 2.45) is 5.92 Å². The van der Waals surface area contributed by atoms with Crippen LogP contribution < -0.4 is 10.2 Å². The highest BCUT2D eigenvalue weighted by molar-refractivity contribution is 5.97. The molecular formula is C16H20N2O3. The maximum absolute atomic E-state index is 12.1. The van der Waals surface area contributed by atoms with Crippen LogP contribution in [-0.2, 0) is 16.0 Å². The lowest BCUT2D eigenvalue weighted by atomic mass is 10.0. The van der Waals surface area contributed by atoms with Gasteiger partial charge in [-0.25, -0.2) is 0 Å². The van der Waals surface area contributed by atoms with E-state index < -0.39 is 0 Å². The number of anilines is 1. The first-order valence-electron chi connectivity index (χ1n) is 7.18. The van der Waals surface area contributed by atoms with E-state index in [1.807, 2.05) is 26.0 Å². The maximum atomic E-state index is 12.1. The third kappa shape index (κ3) is 3.48. The second kappa shape index (κ2) is 6.52. The molecule has 1 aromatic rings. The maximum Gasteiger partial charge on any atom is 0.222 e. The summed E-state index contributed by atoms with van der Waals surface area (Å²) in [6.07, 6.45) is 1.88. The molecule has 0 radical (unpaired) electrons. The topological polar surface area (TPSA) is 66.5 Å². The lowest BCUT2D eigenvalue weighted by molar-refractivity contribution is -0.123. The van der Waals surface area contributed by atoms with Gasteiger partial charge in [-0.2, -0.15) is 0 Å². The lowest BCUT2D eigenvalue weighted by Crippen LogP contribution is -2.29. The van der Waals surface area contributed by atoms with Crippen LogP contribution in [0.4, 0.5) is 5.69 Å². The Morgan fingerprint density at radius 2 is 2.14 bits per heavy atom. The predicted octanol–water partition coefficient (Wildman–Crippen LogP) is 1.55. The summed E-state index contributed by atoms with van der Waals surface area (Å²) >= 11 is 0. The van der Waals surface area contributed by atoms with E-state index in [2.05, 4.69) is 5.32 Å². The first-order valence-corrected chi connectivity index (χ1v) is 7.18. The van der Waals surface area contributed by atoms with Crippen LogP contribution in [-0.4, -0.2) is 31.2 Å². The van der Waals surface area contributed by atoms with Crippen LogP contribution in [0.3, 0.4) is 0 Å². The molecule has 0 fully saturated rings. The molecule has 112 valence electrons. The zero-order valence-electron chi connectivity index (χ0n) is 12.4. The van der Waals surface area contributed by atoms with E-state index in [1.54, 1.807) is 11.0 Å². The molecule has 1 heterocycles. The molecule has 0 atom stereocenters. The zero-order chi connectivity index (χ0) is 15.4. The highest BCUT2D eigenvalue weighted by atomic mass is 16.2. The van der Waals surface area contributed by atoms with Crippen LogP contribution >= 0.6 is 0 Å². The van der Waals surface area contributed by atoms with E-state index in [0.717, 1.165) is 24.1 Å². The van der Waals surface area contributed by atoms with Crippen molar-refractivity contribution in [1.29, 1.82) is 0 Å². The van der Waals surface area contributed by atoms with Gasteiger partial charge >= 0.3 is 0 Å². The minimum atomic E-state index is -0.0746. The number of carbonyl (C=O) groups is 3. The number of ketones is 1. The van der Waals surface area contributed by atoms with Crippen LogP contribution in [0.25, 0.3) is 0 Å². The van der Waals surface area contributed by atoms with E-state index in [1.165, 1.54) is 0 Å². The summed E-state index contributed by atoms with van der Waals surface area (Å²) in [7, 11) is 0. The summed E-state index contributed by atoms with van der Waals surface area (Å²) in [5.74, 6) is -0.112. The molecule has 5 nitrogen and oxygen atoms in total. The van der Waals surface area contributed by atoms with Crippen molar-refractivity contribution in [3.05, 3.63) is 29.3 Å². The molecule has 0 spiro atoms. The Morgan fingerprint density at radius 1 is 1.38 bits per heavy atom. The van der Waals surface area contributed by atoms with Gasteiger partial charge in [0.15, 0.2) is 5.78 Å². The number of nitrogens with zero attached hydrogens (tertiary/aromatic N) is 1. The molecule has 2 amide bonds. The first-order chi connectivity index (χ1) is 10.0. The number of hydrogen-bond acceptors (Lipinski definition) is 3. The van der Waals surface area contributed by atoms with Gasteiger partial charge in [0.2, 0.25) is 12.3 Å². The van der Waals surface area contributed by atoms with Crippen molar-refractivity contribution in [2.75, 3.05) is 18.0 Å². The van der Waals surface area contributed by atoms with Gasteiger partial charge in [0, 0.05) is 36.7 Å². The van der Waals surface area contributed by atoms with Crippen molar-refractivity contribution in [3.8, 4) is 0 Å². The van der Waals surface area contributed by atoms with E-state index in [-0.39, 0.29) is 24.0 Å². The Hall–Kier alpha value is -2.17. The van der Waals surface area contributed by atoms with Gasteiger partial charge < -0.3 is 10.2 Å². The number of nitrogens with one attached hydrogen (secondary N) is 1. The predicted molar refractivity (Wildman–Crippen MR) is 80.4 cm³/mol. The van der Waals surface area contributed by atoms with Crippen molar-refractivity contribution >= 4 is 23.8 Å². The smallest absolute Gasteiger partial charge is 0.222 e. The number of rotatable bonds is 6. The minimum absolute atomic E-state index is 0.00593. The number of Topliss-reactive ketones (excluding diaryl/α,β-unsaturated/α-hetero) is 1. The second-order valence-electron chi connectivity index (χ2n) is 5.51. The molecule has 2 rings (SSSR count). The molecule has 0 aliphatic carbocycles. The van der Waals surface area contributed by atoms with Gasteiger partial charge in [0.05, 0.1) is 0 Å². The fraction of sp³-hybridized carbons (Fsp3) is 0.438. The molecule has 1 aliphatic rings. The second-order valence-corrected chi connectivity index (χ2v) is 5.51. The molecule has 0 saturated carbocycles. The summed E-state index contributed by atoms with van der Waals surface area (Å²) in [5.41, 5.74) is 2.55. The molecule has 1 aliphatic heterocycles. The fourth-order valence-corrected chi connectivity index (χ4v) is 2.36. The van der Waals surface area contributed by atoms with Gasteiger partial charge in [-0.3, -0.25) is 14.4 Å². The van der Waals surface area contributed by atoms with Gasteiger partial charge in [-0.1, -0.05) is 13.8 Å². The highest BCUT2D eigenvalue weighted by Gasteiger charge is 2.19. The molecule has 0 saturated heterocycles. The number of benzene rings is 1. The Morgan fingerprint density at radius 3 is 2.81 bits per heavy atom. The normalized spacial score (nSPS) is 13.2. The monoisotopic (exact) mass is 288 g/mol. The number of fused-ring (bicyclic) bond motifs is 1. The van der Waals surface area contributed by atoms with Gasteiger partial charge in [0.1, 0.15) is 0 Å². The Bertz CT molecular complexity index is 567. The van der Waals surface area contributed by atoms with E-state index >= 15 is 0 Å². The minimum Gasteiger partial charge on any atom is -0.355 e. The zero-order valence-corrected chi connectivity index (χ0v) is 12.4. The molecule has 1 aromatic carbocycles. The molecule has 0 aromatic heterocycles. The average molecular weight is 288 g/mol. The van der Waals surface area contributed by atoms with E-state index in [4.69, 9.17) is 0 Å². The Balaban J connectivity index is 1.95. The van der Waals surface area contributed by atoms with Crippen LogP contribution in [0, 0.1) is 5.92 Å². The van der Waals surface area contributed by atoms with Crippen molar-refractivity contribution < 1.29 is 14.4 Å². The van der Waals surface area contributed by atoms with Crippen molar-refractivity contribution in [1.82, 2.24) is 5.32 Å². The SMILES string of the molecule is CC(C)C(=O)NCCC(=O)c1ccc2c(c1)CCN2C=O. The quantitative estimate of drug-likeness (QED) is 0.638. The third-order valence-corrected chi connectivity index (χ3v) is 3.64. The van der Waals surface area contributed by atoms with Crippen LogP contribution in [0.5, 0.6) is 0 Å². The van der Waals surface area contributed by atoms with Crippen molar-refractivity contribution in [2.45, 2.75) is 26.7 Å². The summed E-state index contributed by atoms with van der Waals surface area (Å²) in [6, 6.07) is 5.41. The molecular weight excluding hydrogens is 268 g/mol. The summed E-state index contributed by atoms with van der Waals surface area (Å²) in [6.45, 7) is 4.65. The van der Waals surface area contributed by atoms with Gasteiger partial charge in [-0.15, -0.1) is 0 Å². The molecule has 5 heteroatoms. The van der Waals surface area contributed by atoms with Gasteiger partial charge in [-0.05, 0) is 30.2 Å². The molecule has 0 unspecified atom stereocenters. The Kier molecular flexibility index (Phi) is 4.73. The van der Waals surface area contributed by atoms with Crippen LogP contribution in [0.15, 0.2) is 18.2 Å². The number of amides is 2. The highest BCUT2D eigenvalue weighted by Crippen LogP contribution is 2.27. The van der Waals surface area contributed by atoms with Gasteiger partial charge in [0.25, 0.3) is 0 Å². The fourth-order valence-electron chi connectivity index (χ4n) is 2.36. The lowest BCUT2D eigenvalue weighted by Gasteiger charge is -2.10. The third-order valence-electron chi connectivity index (χ3n) is 3.64. The number of hydrogen-bond donors (Lipinski definition) is 1. The molecule has 21 heavy (non-hydrogen) atoms. The summed E-state index contributed by atoms with van der Waals surface area (Å²) in [5, 5.41) is 2.74. The van der Waals surface area contributed by atoms with Crippen LogP contribution in [0.1, 0.15) is 36.2 Å². The first kappa shape index (κ1) is 15.2. The van der Waals surface area contributed by atoms with Crippen LogP contribution in [0.2, 0.25) is 0 Å². The Labute approximate surface area is 124 Å². The molecule has 1 N–H and O–H groups in total. The largest absolute Gasteiger partial charge is 0.355 e. The molecule has 0 bridgehead atoms. The summed E-state index contributed by atoms with van der Waals surface area (Å²) < 4.78 is 0. The van der Waals surface area contributed by atoms with Crippen molar-refractivity contribution in [3.63, 3.8) is 0 Å². The van der Waals surface area contributed by atoms with E-state index in [0.29, 0.717) is 18.7 Å². The standard InChI is InChI=1S/C16H20N2O3/c1-11(2)16(21)17-7-5-15(20)13-3-4-14-12(9-13)6-8-18(14)10-19/h3-4,9-11H,5-8H2,1-2H3,(H,17,21). The average Bonchev–Trinajstić information content (AvgIpc) is 2.88. The number of carbonyl (C=O) groups excluding carboxylic acids is 3.